The van der Waals surface area contributed by atoms with Crippen LogP contribution in [-0.2, 0) is 0 Å². The molecule has 1 N–H and O–H groups in total. The number of hydrogen-bond acceptors (Lipinski definition) is 2. The number of hydrogen-bond donors (Lipinski definition) is 1. The summed E-state index contributed by atoms with van der Waals surface area (Å²) in [4.78, 5) is 10.5. The van der Waals surface area contributed by atoms with Gasteiger partial charge in [-0.05, 0) is 22.0 Å². The Kier molecular flexibility index (Phi) is 2.07. The average molecular weight is 261 g/mol. The lowest BCUT2D eigenvalue weighted by Crippen LogP contribution is -1.88. The minimum absolute atomic E-state index is 0.0716. The highest BCUT2D eigenvalue weighted by Gasteiger charge is 2.16. The van der Waals surface area contributed by atoms with Crippen LogP contribution in [0.4, 0.5) is 8.78 Å². The number of carbonyl (C=O) groups excluding carboxylic acids is 1. The summed E-state index contributed by atoms with van der Waals surface area (Å²) in [6, 6.07) is 0.965. The van der Waals surface area contributed by atoms with Gasteiger partial charge in [0.25, 0.3) is 0 Å². The van der Waals surface area contributed by atoms with Gasteiger partial charge < -0.3 is 0 Å². The summed E-state index contributed by atoms with van der Waals surface area (Å²) in [5.41, 5.74) is 0.128. The highest BCUT2D eigenvalue weighted by atomic mass is 79.9. The number of fused-ring (bicyclic) bond motifs is 1. The van der Waals surface area contributed by atoms with Crippen molar-refractivity contribution in [2.75, 3.05) is 0 Å². The molecule has 3 nitrogen and oxygen atoms in total. The molecule has 0 unspecified atom stereocenters. The Morgan fingerprint density at radius 3 is 2.86 bits per heavy atom. The quantitative estimate of drug-likeness (QED) is 0.632. The standard InChI is InChI=1S/C8H3BrF2N2O/c9-3-1-4(10)7(11)6-5(2-14)12-13-8(3)6/h1-2H,(H,12,13). The van der Waals surface area contributed by atoms with Gasteiger partial charge in [0.15, 0.2) is 17.9 Å². The maximum absolute atomic E-state index is 13.2. The number of aromatic nitrogens is 2. The highest BCUT2D eigenvalue weighted by molar-refractivity contribution is 9.10. The summed E-state index contributed by atoms with van der Waals surface area (Å²) in [6.45, 7) is 0. The first-order chi connectivity index (χ1) is 6.65. The maximum atomic E-state index is 13.2. The fourth-order valence-electron chi connectivity index (χ4n) is 1.20. The van der Waals surface area contributed by atoms with E-state index in [0.29, 0.717) is 10.8 Å². The summed E-state index contributed by atoms with van der Waals surface area (Å²) < 4.78 is 26.5. The summed E-state index contributed by atoms with van der Waals surface area (Å²) >= 11 is 3.02. The van der Waals surface area contributed by atoms with Crippen LogP contribution in [-0.4, -0.2) is 16.5 Å². The molecular weight excluding hydrogens is 258 g/mol. The van der Waals surface area contributed by atoms with Crippen molar-refractivity contribution < 1.29 is 13.6 Å². The Labute approximate surface area is 85.2 Å². The van der Waals surface area contributed by atoms with E-state index >= 15 is 0 Å². The molecule has 0 atom stereocenters. The van der Waals surface area contributed by atoms with Crippen molar-refractivity contribution in [2.24, 2.45) is 0 Å². The van der Waals surface area contributed by atoms with Crippen molar-refractivity contribution in [1.82, 2.24) is 10.2 Å². The Bertz CT molecular complexity index is 524. The lowest BCUT2D eigenvalue weighted by Gasteiger charge is -1.96. The molecule has 0 amide bonds. The number of nitrogens with zero attached hydrogens (tertiary/aromatic N) is 1. The van der Waals surface area contributed by atoms with Crippen molar-refractivity contribution in [1.29, 1.82) is 0 Å². The zero-order chi connectivity index (χ0) is 10.3. The van der Waals surface area contributed by atoms with Gasteiger partial charge in [0.1, 0.15) is 11.2 Å². The van der Waals surface area contributed by atoms with Crippen molar-refractivity contribution in [3.05, 3.63) is 27.9 Å². The normalized spacial score (nSPS) is 10.8. The molecule has 1 aromatic heterocycles. The smallest absolute Gasteiger partial charge is 0.170 e. The molecule has 6 heteroatoms. The monoisotopic (exact) mass is 260 g/mol. The third-order valence-corrected chi connectivity index (χ3v) is 2.43. The SMILES string of the molecule is O=Cc1[nH]nc2c(Br)cc(F)c(F)c12. The second-order valence-electron chi connectivity index (χ2n) is 2.63. The highest BCUT2D eigenvalue weighted by Crippen LogP contribution is 2.28. The summed E-state index contributed by atoms with van der Waals surface area (Å²) in [5.74, 6) is -2.09. The summed E-state index contributed by atoms with van der Waals surface area (Å²) in [5, 5.41) is 5.87. The van der Waals surface area contributed by atoms with Crippen LogP contribution in [0.3, 0.4) is 0 Å². The van der Waals surface area contributed by atoms with E-state index in [2.05, 4.69) is 26.1 Å². The Morgan fingerprint density at radius 1 is 1.50 bits per heavy atom. The molecule has 14 heavy (non-hydrogen) atoms. The number of aldehydes is 1. The molecule has 0 saturated heterocycles. The number of H-pyrrole nitrogens is 1. The van der Waals surface area contributed by atoms with Gasteiger partial charge in [0.2, 0.25) is 0 Å². The number of aromatic amines is 1. The number of benzene rings is 1. The second-order valence-corrected chi connectivity index (χ2v) is 3.49. The molecule has 1 heterocycles. The zero-order valence-corrected chi connectivity index (χ0v) is 8.23. The summed E-state index contributed by atoms with van der Waals surface area (Å²) in [6.07, 6.45) is 0.393. The van der Waals surface area contributed by atoms with Crippen LogP contribution in [0.5, 0.6) is 0 Å². The van der Waals surface area contributed by atoms with Gasteiger partial charge in [-0.3, -0.25) is 9.89 Å². The third kappa shape index (κ3) is 1.14. The molecule has 1 aromatic carbocycles. The largest absolute Gasteiger partial charge is 0.296 e. The van der Waals surface area contributed by atoms with Gasteiger partial charge in [0, 0.05) is 4.47 Å². The van der Waals surface area contributed by atoms with E-state index < -0.39 is 11.6 Å². The predicted molar refractivity (Wildman–Crippen MR) is 49.1 cm³/mol. The number of halogens is 3. The Balaban J connectivity index is 2.98. The topological polar surface area (TPSA) is 45.8 Å². The molecule has 72 valence electrons. The summed E-state index contributed by atoms with van der Waals surface area (Å²) in [7, 11) is 0. The van der Waals surface area contributed by atoms with Crippen LogP contribution in [0.1, 0.15) is 10.5 Å². The zero-order valence-electron chi connectivity index (χ0n) is 6.64. The fraction of sp³-hybridized carbons (Fsp3) is 0. The number of carbonyl (C=O) groups is 1. The van der Waals surface area contributed by atoms with Gasteiger partial charge >= 0.3 is 0 Å². The van der Waals surface area contributed by atoms with Crippen LogP contribution < -0.4 is 0 Å². The second kappa shape index (κ2) is 3.13. The number of nitrogens with one attached hydrogen (secondary N) is 1. The van der Waals surface area contributed by atoms with Gasteiger partial charge in [-0.2, -0.15) is 5.10 Å². The van der Waals surface area contributed by atoms with E-state index in [1.165, 1.54) is 0 Å². The Hall–Kier alpha value is -1.30. The third-order valence-electron chi connectivity index (χ3n) is 1.82. The molecule has 0 fully saturated rings. The first kappa shape index (κ1) is 9.26. The molecular formula is C8H3BrF2N2O. The van der Waals surface area contributed by atoms with E-state index in [-0.39, 0.29) is 16.6 Å². The van der Waals surface area contributed by atoms with E-state index in [0.717, 1.165) is 6.07 Å². The van der Waals surface area contributed by atoms with Crippen molar-refractivity contribution >= 4 is 33.1 Å². The maximum Gasteiger partial charge on any atom is 0.170 e. The molecule has 0 bridgehead atoms. The van der Waals surface area contributed by atoms with E-state index in [1.54, 1.807) is 0 Å². The number of rotatable bonds is 1. The van der Waals surface area contributed by atoms with Crippen LogP contribution in [0, 0.1) is 11.6 Å². The fourth-order valence-corrected chi connectivity index (χ4v) is 1.69. The van der Waals surface area contributed by atoms with Crippen molar-refractivity contribution in [2.45, 2.75) is 0 Å². The van der Waals surface area contributed by atoms with Crippen LogP contribution >= 0.6 is 15.9 Å². The van der Waals surface area contributed by atoms with E-state index in [4.69, 9.17) is 0 Å². The molecule has 0 aliphatic carbocycles. The van der Waals surface area contributed by atoms with Gasteiger partial charge in [-0.1, -0.05) is 0 Å². The first-order valence-corrected chi connectivity index (χ1v) is 4.41. The van der Waals surface area contributed by atoms with Crippen LogP contribution in [0.15, 0.2) is 10.5 Å². The minimum atomic E-state index is -1.07. The van der Waals surface area contributed by atoms with Crippen LogP contribution in [0.2, 0.25) is 0 Å². The van der Waals surface area contributed by atoms with Gasteiger partial charge in [-0.25, -0.2) is 8.78 Å². The average Bonchev–Trinajstić information content (AvgIpc) is 2.58. The Morgan fingerprint density at radius 2 is 2.21 bits per heavy atom. The molecule has 0 radical (unpaired) electrons. The molecule has 2 aromatic rings. The molecule has 0 spiro atoms. The van der Waals surface area contributed by atoms with E-state index in [1.807, 2.05) is 0 Å². The predicted octanol–water partition coefficient (Wildman–Crippen LogP) is 2.42. The first-order valence-electron chi connectivity index (χ1n) is 3.62. The molecule has 0 aliphatic heterocycles. The van der Waals surface area contributed by atoms with Crippen molar-refractivity contribution in [3.63, 3.8) is 0 Å². The van der Waals surface area contributed by atoms with Crippen LogP contribution in [0.25, 0.3) is 10.9 Å². The lowest BCUT2D eigenvalue weighted by atomic mass is 10.2. The molecule has 0 aliphatic rings. The van der Waals surface area contributed by atoms with Crippen molar-refractivity contribution in [3.8, 4) is 0 Å². The lowest BCUT2D eigenvalue weighted by molar-refractivity contribution is 0.112. The van der Waals surface area contributed by atoms with Gasteiger partial charge in [0.05, 0.1) is 5.39 Å². The minimum Gasteiger partial charge on any atom is -0.296 e. The molecule has 2 rings (SSSR count). The van der Waals surface area contributed by atoms with E-state index in [9.17, 15) is 13.6 Å². The molecule has 0 saturated carbocycles. The van der Waals surface area contributed by atoms with Gasteiger partial charge in [-0.15, -0.1) is 0 Å².